The number of anilines is 1. The molecule has 1 saturated carbocycles. The lowest BCUT2D eigenvalue weighted by molar-refractivity contribution is -0.128. The van der Waals surface area contributed by atoms with Gasteiger partial charge in [0.25, 0.3) is 0 Å². The lowest BCUT2D eigenvalue weighted by Crippen LogP contribution is -2.29. The molecule has 1 aliphatic carbocycles. The molecule has 3 rings (SSSR count). The molecule has 1 N–H and O–H groups in total. The molecule has 5 nitrogen and oxygen atoms in total. The number of nitrogens with zero attached hydrogens (tertiary/aromatic N) is 2. The van der Waals surface area contributed by atoms with Crippen LogP contribution in [-0.2, 0) is 9.59 Å². The van der Waals surface area contributed by atoms with Crippen LogP contribution in [0.4, 0.5) is 5.13 Å². The zero-order chi connectivity index (χ0) is 12.7. The molecule has 0 radical (unpaired) electrons. The number of likely N-dealkylation sites (tertiary alicyclic amines) is 1. The SMILES string of the molecule is Cc1csc(NC(=O)C2CC(=O)N(C3CC3)C2)n1. The number of thiazole rings is 1. The Morgan fingerprint density at radius 1 is 1.56 bits per heavy atom. The predicted molar refractivity (Wildman–Crippen MR) is 68.3 cm³/mol. The summed E-state index contributed by atoms with van der Waals surface area (Å²) in [6.07, 6.45) is 2.52. The highest BCUT2D eigenvalue weighted by Crippen LogP contribution is 2.33. The fraction of sp³-hybridized carbons (Fsp3) is 0.583. The average Bonchev–Trinajstić information content (AvgIpc) is 2.98. The van der Waals surface area contributed by atoms with E-state index in [9.17, 15) is 9.59 Å². The Morgan fingerprint density at radius 3 is 2.94 bits per heavy atom. The standard InChI is InChI=1S/C12H15N3O2S/c1-7-6-18-12(13-7)14-11(17)8-4-10(16)15(5-8)9-2-3-9/h6,8-9H,2-5H2,1H3,(H,13,14,17). The second kappa shape index (κ2) is 4.35. The molecule has 0 aromatic carbocycles. The van der Waals surface area contributed by atoms with Crippen molar-refractivity contribution in [3.63, 3.8) is 0 Å². The predicted octanol–water partition coefficient (Wildman–Crippen LogP) is 1.40. The van der Waals surface area contributed by atoms with E-state index in [0.717, 1.165) is 18.5 Å². The molecule has 96 valence electrons. The normalized spacial score (nSPS) is 23.5. The third-order valence-electron chi connectivity index (χ3n) is 3.37. The van der Waals surface area contributed by atoms with Crippen molar-refractivity contribution in [3.8, 4) is 0 Å². The summed E-state index contributed by atoms with van der Waals surface area (Å²) in [4.78, 5) is 29.8. The number of aromatic nitrogens is 1. The van der Waals surface area contributed by atoms with Crippen LogP contribution in [0.15, 0.2) is 5.38 Å². The van der Waals surface area contributed by atoms with Gasteiger partial charge in [0, 0.05) is 24.4 Å². The molecule has 0 spiro atoms. The van der Waals surface area contributed by atoms with Gasteiger partial charge in [-0.05, 0) is 19.8 Å². The summed E-state index contributed by atoms with van der Waals surface area (Å²) >= 11 is 1.42. The van der Waals surface area contributed by atoms with Crippen LogP contribution in [0.1, 0.15) is 25.0 Å². The molecule has 6 heteroatoms. The summed E-state index contributed by atoms with van der Waals surface area (Å²) in [6, 6.07) is 0.400. The highest BCUT2D eigenvalue weighted by atomic mass is 32.1. The van der Waals surface area contributed by atoms with Gasteiger partial charge in [0.2, 0.25) is 11.8 Å². The van der Waals surface area contributed by atoms with Gasteiger partial charge in [-0.2, -0.15) is 0 Å². The number of rotatable bonds is 3. The van der Waals surface area contributed by atoms with Gasteiger partial charge in [-0.15, -0.1) is 11.3 Å². The van der Waals surface area contributed by atoms with Crippen LogP contribution >= 0.6 is 11.3 Å². The lowest BCUT2D eigenvalue weighted by Gasteiger charge is -2.14. The molecule has 1 aromatic heterocycles. The van der Waals surface area contributed by atoms with Crippen molar-refractivity contribution in [3.05, 3.63) is 11.1 Å². The van der Waals surface area contributed by atoms with Crippen LogP contribution in [-0.4, -0.2) is 34.3 Å². The third-order valence-corrected chi connectivity index (χ3v) is 4.24. The minimum atomic E-state index is -0.220. The van der Waals surface area contributed by atoms with E-state index in [1.807, 2.05) is 17.2 Å². The molecule has 0 bridgehead atoms. The van der Waals surface area contributed by atoms with E-state index in [0.29, 0.717) is 24.1 Å². The van der Waals surface area contributed by atoms with Crippen LogP contribution in [0.3, 0.4) is 0 Å². The molecule has 2 aliphatic rings. The molecule has 1 saturated heterocycles. The van der Waals surface area contributed by atoms with E-state index in [4.69, 9.17) is 0 Å². The molecule has 18 heavy (non-hydrogen) atoms. The largest absolute Gasteiger partial charge is 0.339 e. The maximum atomic E-state index is 12.0. The highest BCUT2D eigenvalue weighted by molar-refractivity contribution is 7.13. The summed E-state index contributed by atoms with van der Waals surface area (Å²) in [5.41, 5.74) is 0.900. The Labute approximate surface area is 109 Å². The van der Waals surface area contributed by atoms with Crippen molar-refractivity contribution < 1.29 is 9.59 Å². The van der Waals surface area contributed by atoms with Crippen LogP contribution in [0.2, 0.25) is 0 Å². The van der Waals surface area contributed by atoms with Crippen LogP contribution in [0, 0.1) is 12.8 Å². The minimum absolute atomic E-state index is 0.0825. The van der Waals surface area contributed by atoms with E-state index in [-0.39, 0.29) is 17.7 Å². The average molecular weight is 265 g/mol. The van der Waals surface area contributed by atoms with Crippen molar-refractivity contribution in [2.24, 2.45) is 5.92 Å². The first kappa shape index (κ1) is 11.6. The fourth-order valence-corrected chi connectivity index (χ4v) is 2.96. The van der Waals surface area contributed by atoms with Crippen molar-refractivity contribution >= 4 is 28.3 Å². The zero-order valence-electron chi connectivity index (χ0n) is 10.2. The number of nitrogens with one attached hydrogen (secondary N) is 1. The number of carbonyl (C=O) groups excluding carboxylic acids is 2. The number of hydrogen-bond acceptors (Lipinski definition) is 4. The first-order valence-corrected chi connectivity index (χ1v) is 7.04. The van der Waals surface area contributed by atoms with Gasteiger partial charge in [0.1, 0.15) is 0 Å². The maximum Gasteiger partial charge on any atom is 0.231 e. The molecule has 1 aliphatic heterocycles. The van der Waals surface area contributed by atoms with Gasteiger partial charge in [-0.1, -0.05) is 0 Å². The van der Waals surface area contributed by atoms with E-state index in [1.54, 1.807) is 0 Å². The van der Waals surface area contributed by atoms with Gasteiger partial charge in [-0.25, -0.2) is 4.98 Å². The van der Waals surface area contributed by atoms with Crippen molar-refractivity contribution in [2.75, 3.05) is 11.9 Å². The van der Waals surface area contributed by atoms with E-state index in [1.165, 1.54) is 11.3 Å². The number of aryl methyl sites for hydroxylation is 1. The smallest absolute Gasteiger partial charge is 0.231 e. The van der Waals surface area contributed by atoms with Crippen LogP contribution in [0.5, 0.6) is 0 Å². The van der Waals surface area contributed by atoms with Gasteiger partial charge in [0.05, 0.1) is 11.6 Å². The van der Waals surface area contributed by atoms with E-state index >= 15 is 0 Å². The number of hydrogen-bond donors (Lipinski definition) is 1. The quantitative estimate of drug-likeness (QED) is 0.898. The number of amides is 2. The molecular weight excluding hydrogens is 250 g/mol. The van der Waals surface area contributed by atoms with Gasteiger partial charge >= 0.3 is 0 Å². The second-order valence-corrected chi connectivity index (χ2v) is 5.82. The minimum Gasteiger partial charge on any atom is -0.339 e. The molecule has 2 heterocycles. The Bertz CT molecular complexity index is 495. The lowest BCUT2D eigenvalue weighted by atomic mass is 10.1. The van der Waals surface area contributed by atoms with Gasteiger partial charge in [-0.3, -0.25) is 9.59 Å². The van der Waals surface area contributed by atoms with Crippen molar-refractivity contribution in [1.82, 2.24) is 9.88 Å². The molecule has 1 unspecified atom stereocenters. The van der Waals surface area contributed by atoms with Crippen LogP contribution in [0.25, 0.3) is 0 Å². The first-order valence-electron chi connectivity index (χ1n) is 6.16. The molecule has 2 amide bonds. The Kier molecular flexibility index (Phi) is 2.81. The third kappa shape index (κ3) is 2.25. The number of carbonyl (C=O) groups is 2. The molecule has 1 atom stereocenters. The first-order chi connectivity index (χ1) is 8.63. The summed E-state index contributed by atoms with van der Waals surface area (Å²) < 4.78 is 0. The molecular formula is C12H15N3O2S. The Hall–Kier alpha value is -1.43. The monoisotopic (exact) mass is 265 g/mol. The van der Waals surface area contributed by atoms with Crippen LogP contribution < -0.4 is 5.32 Å². The van der Waals surface area contributed by atoms with Gasteiger partial charge in [0.15, 0.2) is 5.13 Å². The summed E-state index contributed by atoms with van der Waals surface area (Å²) in [7, 11) is 0. The van der Waals surface area contributed by atoms with Crippen molar-refractivity contribution in [2.45, 2.75) is 32.2 Å². The van der Waals surface area contributed by atoms with Crippen molar-refractivity contribution in [1.29, 1.82) is 0 Å². The Balaban J connectivity index is 1.61. The van der Waals surface area contributed by atoms with Gasteiger partial charge < -0.3 is 10.2 Å². The summed E-state index contributed by atoms with van der Waals surface area (Å²) in [6.45, 7) is 2.46. The topological polar surface area (TPSA) is 62.3 Å². The summed E-state index contributed by atoms with van der Waals surface area (Å²) in [5.74, 6) is -0.184. The fourth-order valence-electron chi connectivity index (χ4n) is 2.27. The second-order valence-electron chi connectivity index (χ2n) is 4.96. The Morgan fingerprint density at radius 2 is 2.33 bits per heavy atom. The molecule has 1 aromatic rings. The zero-order valence-corrected chi connectivity index (χ0v) is 11.0. The van der Waals surface area contributed by atoms with E-state index < -0.39 is 0 Å². The van der Waals surface area contributed by atoms with E-state index in [2.05, 4.69) is 10.3 Å². The highest BCUT2D eigenvalue weighted by Gasteiger charge is 2.41. The summed E-state index contributed by atoms with van der Waals surface area (Å²) in [5, 5.41) is 5.31. The maximum absolute atomic E-state index is 12.0. The molecule has 2 fully saturated rings.